The third kappa shape index (κ3) is 6.81. The third-order valence-electron chi connectivity index (χ3n) is 5.77. The molecule has 182 valence electrons. The standard InChI is InChI=1S/C24H32N8O.HI/c1-3-22-29-28-19-32(22)13-12-26-24(27-18-20-7-9-21(33-2)10-8-20)31-16-14-30(15-17-31)23-6-4-5-11-25-23;/h4-11,19H,3,12-18H2,1-2H3,(H,26,27);1H. The van der Waals surface area contributed by atoms with Gasteiger partial charge in [0.15, 0.2) is 5.96 Å². The average molecular weight is 576 g/mol. The second-order valence-electron chi connectivity index (χ2n) is 7.87. The number of methoxy groups -OCH3 is 1. The van der Waals surface area contributed by atoms with Crippen molar-refractivity contribution in [3.05, 3.63) is 66.4 Å². The Labute approximate surface area is 218 Å². The molecule has 1 saturated heterocycles. The topological polar surface area (TPSA) is 83.7 Å². The van der Waals surface area contributed by atoms with E-state index in [4.69, 9.17) is 9.73 Å². The number of guanidine groups is 1. The number of ether oxygens (including phenoxy) is 1. The monoisotopic (exact) mass is 576 g/mol. The fourth-order valence-corrected chi connectivity index (χ4v) is 3.88. The number of aliphatic imine (C=N–C) groups is 1. The number of pyridine rings is 1. The summed E-state index contributed by atoms with van der Waals surface area (Å²) in [6, 6.07) is 14.1. The number of anilines is 1. The van der Waals surface area contributed by atoms with E-state index in [1.54, 1.807) is 13.4 Å². The smallest absolute Gasteiger partial charge is 0.194 e. The van der Waals surface area contributed by atoms with Crippen molar-refractivity contribution in [1.82, 2.24) is 30.0 Å². The molecule has 9 nitrogen and oxygen atoms in total. The van der Waals surface area contributed by atoms with E-state index in [0.717, 1.165) is 74.6 Å². The summed E-state index contributed by atoms with van der Waals surface area (Å²) in [5.41, 5.74) is 1.15. The molecule has 1 fully saturated rings. The molecule has 1 aromatic carbocycles. The summed E-state index contributed by atoms with van der Waals surface area (Å²) in [7, 11) is 1.68. The number of aryl methyl sites for hydroxylation is 1. The molecule has 34 heavy (non-hydrogen) atoms. The lowest BCUT2D eigenvalue weighted by molar-refractivity contribution is 0.369. The van der Waals surface area contributed by atoms with E-state index in [0.29, 0.717) is 6.54 Å². The van der Waals surface area contributed by atoms with E-state index in [-0.39, 0.29) is 24.0 Å². The fraction of sp³-hybridized carbons (Fsp3) is 0.417. The average Bonchev–Trinajstić information content (AvgIpc) is 3.34. The number of rotatable bonds is 8. The van der Waals surface area contributed by atoms with Gasteiger partial charge in [0.25, 0.3) is 0 Å². The highest BCUT2D eigenvalue weighted by molar-refractivity contribution is 14.0. The van der Waals surface area contributed by atoms with Gasteiger partial charge in [-0.3, -0.25) is 0 Å². The second-order valence-corrected chi connectivity index (χ2v) is 7.87. The zero-order valence-electron chi connectivity index (χ0n) is 19.8. The lowest BCUT2D eigenvalue weighted by Crippen LogP contribution is -2.53. The van der Waals surface area contributed by atoms with Gasteiger partial charge in [-0.1, -0.05) is 25.1 Å². The van der Waals surface area contributed by atoms with Gasteiger partial charge in [0.05, 0.1) is 13.7 Å². The first-order valence-electron chi connectivity index (χ1n) is 11.5. The highest BCUT2D eigenvalue weighted by Gasteiger charge is 2.20. The van der Waals surface area contributed by atoms with Crippen LogP contribution in [0.25, 0.3) is 0 Å². The third-order valence-corrected chi connectivity index (χ3v) is 5.77. The van der Waals surface area contributed by atoms with E-state index in [1.165, 1.54) is 0 Å². The van der Waals surface area contributed by atoms with Crippen molar-refractivity contribution in [2.45, 2.75) is 26.4 Å². The maximum Gasteiger partial charge on any atom is 0.194 e. The molecule has 0 radical (unpaired) electrons. The van der Waals surface area contributed by atoms with Crippen LogP contribution in [0.4, 0.5) is 5.82 Å². The van der Waals surface area contributed by atoms with Crippen LogP contribution >= 0.6 is 24.0 Å². The Morgan fingerprint density at radius 2 is 1.88 bits per heavy atom. The van der Waals surface area contributed by atoms with Crippen molar-refractivity contribution >= 4 is 35.8 Å². The maximum atomic E-state index is 5.27. The number of nitrogens with zero attached hydrogens (tertiary/aromatic N) is 7. The van der Waals surface area contributed by atoms with Crippen molar-refractivity contribution in [2.24, 2.45) is 4.99 Å². The van der Waals surface area contributed by atoms with E-state index in [1.807, 2.05) is 30.5 Å². The van der Waals surface area contributed by atoms with Crippen LogP contribution in [0.2, 0.25) is 0 Å². The van der Waals surface area contributed by atoms with Crippen LogP contribution in [0.1, 0.15) is 18.3 Å². The summed E-state index contributed by atoms with van der Waals surface area (Å²) in [4.78, 5) is 14.1. The van der Waals surface area contributed by atoms with Gasteiger partial charge in [0, 0.05) is 51.9 Å². The zero-order chi connectivity index (χ0) is 22.9. The van der Waals surface area contributed by atoms with Crippen LogP contribution < -0.4 is 15.0 Å². The summed E-state index contributed by atoms with van der Waals surface area (Å²) >= 11 is 0. The first-order valence-corrected chi connectivity index (χ1v) is 11.5. The molecular weight excluding hydrogens is 543 g/mol. The van der Waals surface area contributed by atoms with Gasteiger partial charge >= 0.3 is 0 Å². The lowest BCUT2D eigenvalue weighted by Gasteiger charge is -2.37. The van der Waals surface area contributed by atoms with Gasteiger partial charge < -0.3 is 24.4 Å². The van der Waals surface area contributed by atoms with Crippen LogP contribution in [0.15, 0.2) is 60.0 Å². The highest BCUT2D eigenvalue weighted by atomic mass is 127. The first kappa shape index (κ1) is 25.7. The zero-order valence-corrected chi connectivity index (χ0v) is 22.1. The SMILES string of the molecule is CCc1nncn1CCNC(=NCc1ccc(OC)cc1)N1CCN(c2ccccn2)CC1.I. The molecule has 3 heterocycles. The van der Waals surface area contributed by atoms with Gasteiger partial charge in [-0.05, 0) is 29.8 Å². The van der Waals surface area contributed by atoms with Crippen LogP contribution in [0.5, 0.6) is 5.75 Å². The molecule has 0 bridgehead atoms. The minimum absolute atomic E-state index is 0. The van der Waals surface area contributed by atoms with Gasteiger partial charge in [-0.15, -0.1) is 34.2 Å². The van der Waals surface area contributed by atoms with Gasteiger partial charge in [0.1, 0.15) is 23.7 Å². The molecule has 1 aliphatic heterocycles. The second kappa shape index (κ2) is 13.1. The molecule has 0 aliphatic carbocycles. The van der Waals surface area contributed by atoms with Crippen LogP contribution in [-0.2, 0) is 19.5 Å². The summed E-state index contributed by atoms with van der Waals surface area (Å²) in [6.07, 6.45) is 4.51. The molecule has 3 aromatic rings. The molecule has 0 saturated carbocycles. The summed E-state index contributed by atoms with van der Waals surface area (Å²) in [5, 5.41) is 11.8. The largest absolute Gasteiger partial charge is 0.497 e. The van der Waals surface area contributed by atoms with Gasteiger partial charge in [-0.2, -0.15) is 0 Å². The summed E-state index contributed by atoms with van der Waals surface area (Å²) in [5.74, 6) is 3.81. The van der Waals surface area contributed by atoms with Crippen LogP contribution in [0.3, 0.4) is 0 Å². The van der Waals surface area contributed by atoms with E-state index in [2.05, 4.69) is 60.0 Å². The quantitative estimate of drug-likeness (QED) is 0.251. The highest BCUT2D eigenvalue weighted by Crippen LogP contribution is 2.14. The molecule has 0 unspecified atom stereocenters. The van der Waals surface area contributed by atoms with Crippen LogP contribution in [0, 0.1) is 0 Å². The molecule has 2 aromatic heterocycles. The number of aromatic nitrogens is 4. The Kier molecular flexibility index (Phi) is 9.92. The summed E-state index contributed by atoms with van der Waals surface area (Å²) < 4.78 is 7.36. The van der Waals surface area contributed by atoms with Gasteiger partial charge in [0.2, 0.25) is 0 Å². The lowest BCUT2D eigenvalue weighted by atomic mass is 10.2. The number of hydrogen-bond donors (Lipinski definition) is 1. The molecule has 4 rings (SSSR count). The van der Waals surface area contributed by atoms with E-state index in [9.17, 15) is 0 Å². The molecular formula is C24H33IN8O. The summed E-state index contributed by atoms with van der Waals surface area (Å²) in [6.45, 7) is 7.85. The van der Waals surface area contributed by atoms with Crippen molar-refractivity contribution in [2.75, 3.05) is 44.7 Å². The number of nitrogens with one attached hydrogen (secondary N) is 1. The van der Waals surface area contributed by atoms with Crippen molar-refractivity contribution in [1.29, 1.82) is 0 Å². The van der Waals surface area contributed by atoms with Gasteiger partial charge in [-0.25, -0.2) is 9.98 Å². The van der Waals surface area contributed by atoms with Crippen molar-refractivity contribution in [3.8, 4) is 5.75 Å². The Hall–Kier alpha value is -2.89. The first-order chi connectivity index (χ1) is 16.3. The predicted molar refractivity (Wildman–Crippen MR) is 145 cm³/mol. The number of piperazine rings is 1. The van der Waals surface area contributed by atoms with E-state index >= 15 is 0 Å². The van der Waals surface area contributed by atoms with Crippen LogP contribution in [-0.4, -0.2) is 70.4 Å². The van der Waals surface area contributed by atoms with E-state index < -0.39 is 0 Å². The molecule has 0 spiro atoms. The molecule has 1 aliphatic rings. The Balaban J connectivity index is 0.00000324. The maximum absolute atomic E-state index is 5.27. The molecule has 10 heteroatoms. The molecule has 0 atom stereocenters. The van der Waals surface area contributed by atoms with Crippen molar-refractivity contribution in [3.63, 3.8) is 0 Å². The fourth-order valence-electron chi connectivity index (χ4n) is 3.88. The minimum Gasteiger partial charge on any atom is -0.497 e. The number of benzene rings is 1. The molecule has 0 amide bonds. The predicted octanol–water partition coefficient (Wildman–Crippen LogP) is 2.83. The Morgan fingerprint density at radius 1 is 1.09 bits per heavy atom. The Bertz CT molecular complexity index is 1020. The number of halogens is 1. The van der Waals surface area contributed by atoms with Crippen molar-refractivity contribution < 1.29 is 4.74 Å². The Morgan fingerprint density at radius 3 is 2.56 bits per heavy atom. The minimum atomic E-state index is 0. The molecule has 1 N–H and O–H groups in total. The number of hydrogen-bond acceptors (Lipinski definition) is 6. The normalized spacial score (nSPS) is 14.0.